The second kappa shape index (κ2) is 13.3. The molecule has 4 atom stereocenters. The number of nitrogens with one attached hydrogen (secondary N) is 2. The second-order valence-corrected chi connectivity index (χ2v) is 11.5. The lowest BCUT2D eigenvalue weighted by Crippen LogP contribution is -2.58. The summed E-state index contributed by atoms with van der Waals surface area (Å²) in [7, 11) is 0. The molecule has 0 spiro atoms. The summed E-state index contributed by atoms with van der Waals surface area (Å²) in [5.41, 5.74) is 0.804. The van der Waals surface area contributed by atoms with Crippen molar-refractivity contribution in [1.82, 2.24) is 15.5 Å². The fourth-order valence-electron chi connectivity index (χ4n) is 5.37. The van der Waals surface area contributed by atoms with Crippen LogP contribution in [0.25, 0.3) is 0 Å². The van der Waals surface area contributed by atoms with Crippen molar-refractivity contribution in [3.8, 4) is 0 Å². The van der Waals surface area contributed by atoms with Crippen molar-refractivity contribution in [3.05, 3.63) is 35.1 Å². The van der Waals surface area contributed by atoms with Crippen LogP contribution in [-0.2, 0) is 9.59 Å². The molecule has 0 unspecified atom stereocenters. The quantitative estimate of drug-likeness (QED) is 0.230. The van der Waals surface area contributed by atoms with E-state index in [-0.39, 0.29) is 35.2 Å². The molecule has 2 aliphatic rings. The number of carbonyl (C=O) groups is 2. The Bertz CT molecular complexity index is 822. The maximum atomic E-state index is 13.2. The van der Waals surface area contributed by atoms with Gasteiger partial charge in [-0.3, -0.25) is 14.5 Å². The smallest absolute Gasteiger partial charge is 0.251 e. The van der Waals surface area contributed by atoms with Gasteiger partial charge in [-0.15, -0.1) is 0 Å². The number of piperidine rings is 1. The number of likely N-dealkylation sites (tertiary alicyclic amines) is 1. The molecule has 2 amide bonds. The molecule has 0 aromatic rings. The van der Waals surface area contributed by atoms with Crippen LogP contribution in [0.1, 0.15) is 93.4 Å². The van der Waals surface area contributed by atoms with Crippen molar-refractivity contribution < 1.29 is 14.7 Å². The zero-order chi connectivity index (χ0) is 26.2. The molecule has 2 rings (SSSR count). The lowest BCUT2D eigenvalue weighted by Gasteiger charge is -2.46. The van der Waals surface area contributed by atoms with Gasteiger partial charge in [-0.2, -0.15) is 0 Å². The Morgan fingerprint density at radius 2 is 1.83 bits per heavy atom. The topological polar surface area (TPSA) is 81.7 Å². The maximum absolute atomic E-state index is 13.2. The average molecular weight is 488 g/mol. The summed E-state index contributed by atoms with van der Waals surface area (Å²) in [5.74, 6) is 1.39. The molecule has 2 fully saturated rings. The van der Waals surface area contributed by atoms with Crippen LogP contribution in [0.2, 0.25) is 0 Å². The molecule has 1 saturated heterocycles. The summed E-state index contributed by atoms with van der Waals surface area (Å²) < 4.78 is 0. The highest BCUT2D eigenvalue weighted by Gasteiger charge is 2.40. The molecule has 6 heteroatoms. The Labute approximate surface area is 213 Å². The highest BCUT2D eigenvalue weighted by Crippen LogP contribution is 2.38. The van der Waals surface area contributed by atoms with Crippen LogP contribution in [0, 0.1) is 11.8 Å². The number of hydrogen-bond donors (Lipinski definition) is 3. The summed E-state index contributed by atoms with van der Waals surface area (Å²) in [6.45, 7) is 15.4. The van der Waals surface area contributed by atoms with Crippen LogP contribution in [0.5, 0.6) is 0 Å². The lowest BCUT2D eigenvalue weighted by molar-refractivity contribution is -0.131. The fourth-order valence-corrected chi connectivity index (χ4v) is 5.37. The predicted octanol–water partition coefficient (Wildman–Crippen LogP) is 5.42. The molecule has 0 aromatic heterocycles. The summed E-state index contributed by atoms with van der Waals surface area (Å²) in [6.07, 6.45) is 12.9. The summed E-state index contributed by atoms with van der Waals surface area (Å²) >= 11 is 0. The largest absolute Gasteiger partial charge is 0.508 e. The minimum absolute atomic E-state index is 0.0523. The predicted molar refractivity (Wildman–Crippen MR) is 144 cm³/mol. The van der Waals surface area contributed by atoms with E-state index in [0.29, 0.717) is 23.0 Å². The first-order chi connectivity index (χ1) is 16.5. The van der Waals surface area contributed by atoms with Gasteiger partial charge in [0.25, 0.3) is 5.91 Å². The van der Waals surface area contributed by atoms with Gasteiger partial charge in [0, 0.05) is 35.8 Å². The Kier molecular flexibility index (Phi) is 11.1. The van der Waals surface area contributed by atoms with Crippen LogP contribution in [0.4, 0.5) is 0 Å². The molecule has 35 heavy (non-hydrogen) atoms. The van der Waals surface area contributed by atoms with Gasteiger partial charge < -0.3 is 15.7 Å². The van der Waals surface area contributed by atoms with Gasteiger partial charge in [0.1, 0.15) is 5.76 Å². The number of amides is 2. The zero-order valence-corrected chi connectivity index (χ0v) is 23.1. The third-order valence-corrected chi connectivity index (χ3v) is 7.36. The molecule has 0 radical (unpaired) electrons. The van der Waals surface area contributed by atoms with Crippen molar-refractivity contribution in [2.75, 3.05) is 13.1 Å². The van der Waals surface area contributed by atoms with E-state index in [9.17, 15) is 14.7 Å². The number of rotatable bonds is 9. The average Bonchev–Trinajstić information content (AvgIpc) is 2.80. The van der Waals surface area contributed by atoms with E-state index in [1.165, 1.54) is 25.7 Å². The molecule has 1 aliphatic heterocycles. The van der Waals surface area contributed by atoms with E-state index in [4.69, 9.17) is 0 Å². The van der Waals surface area contributed by atoms with Gasteiger partial charge in [0.05, 0.1) is 6.04 Å². The molecule has 6 nitrogen and oxygen atoms in total. The van der Waals surface area contributed by atoms with Crippen molar-refractivity contribution in [3.63, 3.8) is 0 Å². The molecule has 1 aliphatic carbocycles. The second-order valence-electron chi connectivity index (χ2n) is 11.5. The van der Waals surface area contributed by atoms with Crippen LogP contribution in [0.15, 0.2) is 35.1 Å². The van der Waals surface area contributed by atoms with Crippen molar-refractivity contribution in [2.24, 2.45) is 11.8 Å². The van der Waals surface area contributed by atoms with E-state index < -0.39 is 0 Å². The Morgan fingerprint density at radius 1 is 1.17 bits per heavy atom. The molecule has 0 bridgehead atoms. The molecule has 1 heterocycles. The first-order valence-electron chi connectivity index (χ1n) is 13.6. The van der Waals surface area contributed by atoms with E-state index in [1.807, 2.05) is 40.7 Å². The van der Waals surface area contributed by atoms with Gasteiger partial charge in [-0.1, -0.05) is 38.3 Å². The zero-order valence-electron chi connectivity index (χ0n) is 23.1. The Hall–Kier alpha value is -2.08. The normalized spacial score (nSPS) is 25.6. The van der Waals surface area contributed by atoms with Gasteiger partial charge >= 0.3 is 0 Å². The minimum atomic E-state index is -0.251. The van der Waals surface area contributed by atoms with Crippen molar-refractivity contribution in [1.29, 1.82) is 0 Å². The number of fused-ring (bicyclic) bond motifs is 1. The number of aliphatic hydroxyl groups is 1. The highest BCUT2D eigenvalue weighted by molar-refractivity contribution is 5.97. The number of aliphatic hydroxyl groups excluding tert-OH is 1. The number of carbonyl (C=O) groups excluding carboxylic acids is 2. The van der Waals surface area contributed by atoms with Crippen LogP contribution in [-0.4, -0.2) is 52.5 Å². The molecule has 3 N–H and O–H groups in total. The highest BCUT2D eigenvalue weighted by atomic mass is 16.3. The third kappa shape index (κ3) is 8.82. The van der Waals surface area contributed by atoms with E-state index in [0.717, 1.165) is 32.4 Å². The Morgan fingerprint density at radius 3 is 2.43 bits per heavy atom. The van der Waals surface area contributed by atoms with Crippen molar-refractivity contribution >= 4 is 11.8 Å². The molecule has 198 valence electrons. The Balaban J connectivity index is 2.08. The van der Waals surface area contributed by atoms with Crippen LogP contribution < -0.4 is 10.6 Å². The van der Waals surface area contributed by atoms with Crippen molar-refractivity contribution in [2.45, 2.75) is 111 Å². The summed E-state index contributed by atoms with van der Waals surface area (Å²) in [6, 6.07) is -0.156. The number of allylic oxidation sites excluding steroid dienone is 3. The van der Waals surface area contributed by atoms with E-state index in [2.05, 4.69) is 15.5 Å². The first-order valence-corrected chi connectivity index (χ1v) is 13.6. The number of nitrogens with zero attached hydrogens (tertiary/aromatic N) is 1. The fraction of sp³-hybridized carbons (Fsp3) is 0.724. The third-order valence-electron chi connectivity index (χ3n) is 7.36. The monoisotopic (exact) mass is 487 g/mol. The van der Waals surface area contributed by atoms with Gasteiger partial charge in [0.15, 0.2) is 0 Å². The van der Waals surface area contributed by atoms with E-state index in [1.54, 1.807) is 26.0 Å². The molecular weight excluding hydrogens is 438 g/mol. The number of hydrogen-bond acceptors (Lipinski definition) is 4. The summed E-state index contributed by atoms with van der Waals surface area (Å²) in [4.78, 5) is 28.6. The van der Waals surface area contributed by atoms with Gasteiger partial charge in [-0.25, -0.2) is 0 Å². The standard InChI is InChI=1S/C29H49N3O3/c1-8-10-15-24(21(4)26(33)9-2)27(34)30-20(3)16-17-32-19-23-14-12-11-13-22(23)18-25(32)28(35)31-29(5,6)7/h9-10,15,20,22-23,25,33H,8,11-14,16-19H2,1-7H3,(H,30,34)(H,31,35)/b15-10-,24-21+,26-9+/t20-,22-,23+,25-/m0/s1. The lowest BCUT2D eigenvalue weighted by atomic mass is 9.72. The molecular formula is C29H49N3O3. The summed E-state index contributed by atoms with van der Waals surface area (Å²) in [5, 5.41) is 16.5. The van der Waals surface area contributed by atoms with Gasteiger partial charge in [0.2, 0.25) is 5.91 Å². The minimum Gasteiger partial charge on any atom is -0.508 e. The van der Waals surface area contributed by atoms with Gasteiger partial charge in [-0.05, 0) is 85.1 Å². The molecule has 1 saturated carbocycles. The molecule has 0 aromatic carbocycles. The van der Waals surface area contributed by atoms with Crippen LogP contribution >= 0.6 is 0 Å². The first kappa shape index (κ1) is 29.2. The van der Waals surface area contributed by atoms with Crippen LogP contribution in [0.3, 0.4) is 0 Å². The SMILES string of the molecule is C\C=C(O)/C(C)=C(\C=C/CC)C(=O)N[C@@H](C)CCN1C[C@H]2CCCC[C@H]2C[C@H]1C(=O)NC(C)(C)C. The van der Waals surface area contributed by atoms with E-state index >= 15 is 0 Å². The maximum Gasteiger partial charge on any atom is 0.251 e.